The number of carbonyl (C=O) groups is 1. The SMILES string of the molecule is CC(C)(C)OC(=O)N1CC[C@H](N2CCC(=N)CC2)C1. The fraction of sp³-hybridized carbons (Fsp3) is 0.857. The molecule has 0 saturated carbocycles. The van der Waals surface area contributed by atoms with Crippen molar-refractivity contribution in [2.45, 2.75) is 51.7 Å². The molecule has 0 radical (unpaired) electrons. The highest BCUT2D eigenvalue weighted by molar-refractivity contribution is 5.82. The highest BCUT2D eigenvalue weighted by atomic mass is 16.6. The lowest BCUT2D eigenvalue weighted by atomic mass is 10.1. The van der Waals surface area contributed by atoms with E-state index in [0.29, 0.717) is 6.04 Å². The minimum Gasteiger partial charge on any atom is -0.444 e. The molecule has 0 bridgehead atoms. The second kappa shape index (κ2) is 5.49. The fourth-order valence-electron chi connectivity index (χ4n) is 2.69. The predicted molar refractivity (Wildman–Crippen MR) is 74.7 cm³/mol. The van der Waals surface area contributed by atoms with Gasteiger partial charge in [-0.25, -0.2) is 4.79 Å². The van der Waals surface area contributed by atoms with Crippen molar-refractivity contribution in [3.63, 3.8) is 0 Å². The Kier molecular flexibility index (Phi) is 4.13. The molecule has 1 atom stereocenters. The van der Waals surface area contributed by atoms with E-state index >= 15 is 0 Å². The van der Waals surface area contributed by atoms with E-state index in [9.17, 15) is 4.79 Å². The standard InChI is InChI=1S/C14H25N3O2/c1-14(2,3)19-13(18)17-9-6-12(10-17)16-7-4-11(15)5-8-16/h12,15H,4-10H2,1-3H3/t12-/m0/s1. The average molecular weight is 267 g/mol. The van der Waals surface area contributed by atoms with Crippen LogP contribution in [0.25, 0.3) is 0 Å². The highest BCUT2D eigenvalue weighted by Gasteiger charge is 2.33. The summed E-state index contributed by atoms with van der Waals surface area (Å²) in [5, 5.41) is 7.64. The Balaban J connectivity index is 1.83. The molecule has 0 aliphatic carbocycles. The van der Waals surface area contributed by atoms with Gasteiger partial charge in [-0.1, -0.05) is 0 Å². The molecule has 5 heteroatoms. The first-order valence-electron chi connectivity index (χ1n) is 7.13. The molecule has 19 heavy (non-hydrogen) atoms. The van der Waals surface area contributed by atoms with Gasteiger partial charge in [0.05, 0.1) is 0 Å². The maximum Gasteiger partial charge on any atom is 0.410 e. The molecule has 2 saturated heterocycles. The molecule has 0 aromatic carbocycles. The van der Waals surface area contributed by atoms with Gasteiger partial charge in [-0.05, 0) is 40.0 Å². The van der Waals surface area contributed by atoms with E-state index in [1.165, 1.54) is 0 Å². The maximum atomic E-state index is 12.0. The van der Waals surface area contributed by atoms with E-state index in [1.54, 1.807) is 0 Å². The number of nitrogens with zero attached hydrogens (tertiary/aromatic N) is 2. The molecule has 0 unspecified atom stereocenters. The summed E-state index contributed by atoms with van der Waals surface area (Å²) in [6.45, 7) is 9.17. The summed E-state index contributed by atoms with van der Waals surface area (Å²) in [5.41, 5.74) is 0.438. The molecule has 0 aromatic rings. The van der Waals surface area contributed by atoms with Crippen LogP contribution in [0, 0.1) is 5.41 Å². The largest absolute Gasteiger partial charge is 0.444 e. The lowest BCUT2D eigenvalue weighted by Crippen LogP contribution is -2.44. The highest BCUT2D eigenvalue weighted by Crippen LogP contribution is 2.21. The van der Waals surface area contributed by atoms with Crippen LogP contribution in [0.1, 0.15) is 40.0 Å². The van der Waals surface area contributed by atoms with Gasteiger partial charge < -0.3 is 15.0 Å². The first kappa shape index (κ1) is 14.3. The Morgan fingerprint density at radius 1 is 1.26 bits per heavy atom. The first-order chi connectivity index (χ1) is 8.85. The number of nitrogens with one attached hydrogen (secondary N) is 1. The average Bonchev–Trinajstić information content (AvgIpc) is 2.77. The summed E-state index contributed by atoms with van der Waals surface area (Å²) >= 11 is 0. The van der Waals surface area contributed by atoms with Gasteiger partial charge in [-0.15, -0.1) is 0 Å². The van der Waals surface area contributed by atoms with Gasteiger partial charge in [-0.3, -0.25) is 4.90 Å². The van der Waals surface area contributed by atoms with E-state index in [-0.39, 0.29) is 6.09 Å². The summed E-state index contributed by atoms with van der Waals surface area (Å²) in [6, 6.07) is 0.445. The van der Waals surface area contributed by atoms with Crippen LogP contribution in [0.3, 0.4) is 0 Å². The molecular formula is C14H25N3O2. The molecule has 2 rings (SSSR count). The van der Waals surface area contributed by atoms with Crippen molar-refractivity contribution in [3.05, 3.63) is 0 Å². The topological polar surface area (TPSA) is 56.6 Å². The number of rotatable bonds is 1. The third kappa shape index (κ3) is 3.93. The molecule has 2 aliphatic heterocycles. The minimum absolute atomic E-state index is 0.195. The van der Waals surface area contributed by atoms with E-state index < -0.39 is 5.60 Å². The lowest BCUT2D eigenvalue weighted by Gasteiger charge is -2.32. The molecule has 0 aromatic heterocycles. The number of piperidine rings is 1. The fourth-order valence-corrected chi connectivity index (χ4v) is 2.69. The van der Waals surface area contributed by atoms with Crippen LogP contribution in [0.15, 0.2) is 0 Å². The van der Waals surface area contributed by atoms with Gasteiger partial charge >= 0.3 is 6.09 Å². The van der Waals surface area contributed by atoms with E-state index in [4.69, 9.17) is 10.1 Å². The van der Waals surface area contributed by atoms with Gasteiger partial charge in [-0.2, -0.15) is 0 Å². The second-order valence-electron chi connectivity index (χ2n) is 6.51. The van der Waals surface area contributed by atoms with Crippen molar-refractivity contribution < 1.29 is 9.53 Å². The molecule has 5 nitrogen and oxygen atoms in total. The first-order valence-corrected chi connectivity index (χ1v) is 7.13. The van der Waals surface area contributed by atoms with Crippen LogP contribution in [0.4, 0.5) is 4.79 Å². The third-order valence-corrected chi connectivity index (χ3v) is 3.73. The van der Waals surface area contributed by atoms with E-state index in [0.717, 1.165) is 51.2 Å². The monoisotopic (exact) mass is 267 g/mol. The van der Waals surface area contributed by atoms with Gasteiger partial charge in [0, 0.05) is 37.9 Å². The normalized spacial score (nSPS) is 25.7. The van der Waals surface area contributed by atoms with Crippen molar-refractivity contribution in [3.8, 4) is 0 Å². The van der Waals surface area contributed by atoms with E-state index in [1.807, 2.05) is 25.7 Å². The number of carbonyl (C=O) groups excluding carboxylic acids is 1. The maximum absolute atomic E-state index is 12.0. The van der Waals surface area contributed by atoms with Gasteiger partial charge in [0.2, 0.25) is 0 Å². The molecule has 108 valence electrons. The molecule has 1 amide bonds. The Labute approximate surface area is 115 Å². The molecular weight excluding hydrogens is 242 g/mol. The lowest BCUT2D eigenvalue weighted by molar-refractivity contribution is 0.0279. The summed E-state index contributed by atoms with van der Waals surface area (Å²) in [7, 11) is 0. The summed E-state index contributed by atoms with van der Waals surface area (Å²) in [5.74, 6) is 0. The quantitative estimate of drug-likeness (QED) is 0.791. The zero-order valence-corrected chi connectivity index (χ0v) is 12.2. The van der Waals surface area contributed by atoms with Crippen LogP contribution in [0.5, 0.6) is 0 Å². The number of ether oxygens (including phenoxy) is 1. The van der Waals surface area contributed by atoms with Crippen LogP contribution in [-0.2, 0) is 4.74 Å². The predicted octanol–water partition coefficient (Wildman–Crippen LogP) is 2.11. The van der Waals surface area contributed by atoms with Crippen molar-refractivity contribution in [1.82, 2.24) is 9.80 Å². The number of amides is 1. The Bertz CT molecular complexity index is 352. The molecule has 2 fully saturated rings. The van der Waals surface area contributed by atoms with Crippen LogP contribution in [0.2, 0.25) is 0 Å². The number of hydrogen-bond acceptors (Lipinski definition) is 4. The van der Waals surface area contributed by atoms with Crippen LogP contribution < -0.4 is 0 Å². The zero-order chi connectivity index (χ0) is 14.0. The van der Waals surface area contributed by atoms with E-state index in [2.05, 4.69) is 4.90 Å². The smallest absolute Gasteiger partial charge is 0.410 e. The summed E-state index contributed by atoms with van der Waals surface area (Å²) in [6.07, 6.45) is 2.58. The van der Waals surface area contributed by atoms with Crippen molar-refractivity contribution >= 4 is 11.8 Å². The van der Waals surface area contributed by atoms with Crippen LogP contribution in [-0.4, -0.2) is 59.4 Å². The Morgan fingerprint density at radius 2 is 1.89 bits per heavy atom. The molecule has 2 heterocycles. The Hall–Kier alpha value is -1.10. The van der Waals surface area contributed by atoms with Gasteiger partial charge in [0.1, 0.15) is 5.60 Å². The number of hydrogen-bond donors (Lipinski definition) is 1. The van der Waals surface area contributed by atoms with Crippen molar-refractivity contribution in [2.75, 3.05) is 26.2 Å². The van der Waals surface area contributed by atoms with Crippen molar-refractivity contribution in [2.24, 2.45) is 0 Å². The molecule has 2 aliphatic rings. The number of likely N-dealkylation sites (tertiary alicyclic amines) is 2. The summed E-state index contributed by atoms with van der Waals surface area (Å²) in [4.78, 5) is 16.2. The van der Waals surface area contributed by atoms with Gasteiger partial charge in [0.25, 0.3) is 0 Å². The van der Waals surface area contributed by atoms with Gasteiger partial charge in [0.15, 0.2) is 0 Å². The molecule has 1 N–H and O–H groups in total. The Morgan fingerprint density at radius 3 is 2.47 bits per heavy atom. The third-order valence-electron chi connectivity index (χ3n) is 3.73. The minimum atomic E-state index is -0.421. The summed E-state index contributed by atoms with van der Waals surface area (Å²) < 4.78 is 5.41. The van der Waals surface area contributed by atoms with Crippen molar-refractivity contribution in [1.29, 1.82) is 5.41 Å². The zero-order valence-electron chi connectivity index (χ0n) is 12.2. The molecule has 0 spiro atoms. The second-order valence-corrected chi connectivity index (χ2v) is 6.51. The van der Waals surface area contributed by atoms with Crippen LogP contribution >= 0.6 is 0 Å².